The third-order valence-electron chi connectivity index (χ3n) is 3.34. The zero-order chi connectivity index (χ0) is 16.7. The lowest BCUT2D eigenvalue weighted by atomic mass is 10.1. The van der Waals surface area contributed by atoms with Crippen LogP contribution in [0.3, 0.4) is 0 Å². The normalized spacial score (nSPS) is 11.3. The van der Waals surface area contributed by atoms with Crippen molar-refractivity contribution in [3.63, 3.8) is 0 Å². The van der Waals surface area contributed by atoms with Crippen LogP contribution >= 0.6 is 0 Å². The monoisotopic (exact) mass is 322 g/mol. The quantitative estimate of drug-likeness (QED) is 0.814. The van der Waals surface area contributed by atoms with Crippen LogP contribution in [-0.4, -0.2) is 28.5 Å². The first-order valence-electron chi connectivity index (χ1n) is 7.21. The van der Waals surface area contributed by atoms with Gasteiger partial charge in [0.25, 0.3) is 0 Å². The van der Waals surface area contributed by atoms with Crippen LogP contribution in [0.15, 0.2) is 54.9 Å². The van der Waals surface area contributed by atoms with E-state index < -0.39 is 18.5 Å². The molecule has 6 heteroatoms. The lowest BCUT2D eigenvalue weighted by Crippen LogP contribution is -2.35. The van der Waals surface area contributed by atoms with E-state index in [1.54, 1.807) is 24.5 Å². The summed E-state index contributed by atoms with van der Waals surface area (Å²) in [7, 11) is 0. The molecule has 0 bridgehead atoms. The fourth-order valence-electron chi connectivity index (χ4n) is 2.19. The van der Waals surface area contributed by atoms with Crippen molar-refractivity contribution in [3.8, 4) is 0 Å². The van der Waals surface area contributed by atoms with E-state index >= 15 is 0 Å². The molecule has 3 nitrogen and oxygen atoms in total. The molecule has 0 aliphatic rings. The van der Waals surface area contributed by atoms with Gasteiger partial charge in [0.05, 0.1) is 0 Å². The summed E-state index contributed by atoms with van der Waals surface area (Å²) < 4.78 is 37.5. The van der Waals surface area contributed by atoms with E-state index in [9.17, 15) is 18.0 Å². The van der Waals surface area contributed by atoms with Crippen LogP contribution in [-0.2, 0) is 17.8 Å². The van der Waals surface area contributed by atoms with Gasteiger partial charge in [0.15, 0.2) is 0 Å². The molecule has 0 fully saturated rings. The third-order valence-corrected chi connectivity index (χ3v) is 3.34. The van der Waals surface area contributed by atoms with Crippen molar-refractivity contribution in [1.82, 2.24) is 9.88 Å². The van der Waals surface area contributed by atoms with Crippen LogP contribution in [0.5, 0.6) is 0 Å². The second-order valence-corrected chi connectivity index (χ2v) is 5.20. The van der Waals surface area contributed by atoms with E-state index in [0.29, 0.717) is 6.42 Å². The number of carbonyl (C=O) groups excluding carboxylic acids is 1. The van der Waals surface area contributed by atoms with Gasteiger partial charge < -0.3 is 4.90 Å². The lowest BCUT2D eigenvalue weighted by molar-refractivity contribution is -0.161. The Bertz CT molecular complexity index is 615. The van der Waals surface area contributed by atoms with Crippen molar-refractivity contribution >= 4 is 5.91 Å². The number of pyridine rings is 1. The van der Waals surface area contributed by atoms with Gasteiger partial charge in [0.1, 0.15) is 6.42 Å². The average molecular weight is 322 g/mol. The molecule has 0 N–H and O–H groups in total. The Hall–Kier alpha value is -2.37. The van der Waals surface area contributed by atoms with Crippen LogP contribution in [0.1, 0.15) is 17.5 Å². The number of hydrogen-bond acceptors (Lipinski definition) is 2. The first-order valence-corrected chi connectivity index (χ1v) is 7.21. The molecule has 0 unspecified atom stereocenters. The summed E-state index contributed by atoms with van der Waals surface area (Å²) in [5.74, 6) is -0.912. The standard InChI is InChI=1S/C17H17F3N2O/c18-17(19,20)12-16(23)22(13-15-6-9-21-10-7-15)11-8-14-4-2-1-3-5-14/h1-7,9-10H,8,11-13H2. The maximum absolute atomic E-state index is 12.5. The summed E-state index contributed by atoms with van der Waals surface area (Å²) >= 11 is 0. The fourth-order valence-corrected chi connectivity index (χ4v) is 2.19. The van der Waals surface area contributed by atoms with Crippen LogP contribution in [0.2, 0.25) is 0 Å². The Morgan fingerprint density at radius 1 is 1.00 bits per heavy atom. The Morgan fingerprint density at radius 2 is 1.65 bits per heavy atom. The van der Waals surface area contributed by atoms with Gasteiger partial charge in [0.2, 0.25) is 5.91 Å². The van der Waals surface area contributed by atoms with Gasteiger partial charge >= 0.3 is 6.18 Å². The van der Waals surface area contributed by atoms with Crippen LogP contribution in [0.4, 0.5) is 13.2 Å². The zero-order valence-electron chi connectivity index (χ0n) is 12.5. The van der Waals surface area contributed by atoms with E-state index in [4.69, 9.17) is 0 Å². The topological polar surface area (TPSA) is 33.2 Å². The molecule has 0 atom stereocenters. The van der Waals surface area contributed by atoms with Gasteiger partial charge in [0, 0.05) is 25.5 Å². The van der Waals surface area contributed by atoms with Gasteiger partial charge in [-0.3, -0.25) is 9.78 Å². The minimum absolute atomic E-state index is 0.143. The second-order valence-electron chi connectivity index (χ2n) is 5.20. The van der Waals surface area contributed by atoms with E-state index in [1.165, 1.54) is 4.90 Å². The largest absolute Gasteiger partial charge is 0.397 e. The van der Waals surface area contributed by atoms with Crippen molar-refractivity contribution in [2.24, 2.45) is 0 Å². The van der Waals surface area contributed by atoms with Crippen molar-refractivity contribution in [2.75, 3.05) is 6.54 Å². The number of aromatic nitrogens is 1. The smallest absolute Gasteiger partial charge is 0.338 e. The van der Waals surface area contributed by atoms with E-state index in [0.717, 1.165) is 11.1 Å². The van der Waals surface area contributed by atoms with Gasteiger partial charge in [-0.05, 0) is 29.7 Å². The minimum Gasteiger partial charge on any atom is -0.338 e. The molecule has 1 amide bonds. The summed E-state index contributed by atoms with van der Waals surface area (Å²) in [5, 5.41) is 0. The van der Waals surface area contributed by atoms with E-state index in [2.05, 4.69) is 4.98 Å². The van der Waals surface area contributed by atoms with Gasteiger partial charge in [-0.2, -0.15) is 13.2 Å². The molecule has 0 aliphatic heterocycles. The van der Waals surface area contributed by atoms with Crippen LogP contribution < -0.4 is 0 Å². The number of halogens is 3. The number of rotatable bonds is 6. The number of carbonyl (C=O) groups is 1. The summed E-state index contributed by atoms with van der Waals surface area (Å²) in [4.78, 5) is 17.1. The Morgan fingerprint density at radius 3 is 2.26 bits per heavy atom. The molecule has 2 aromatic rings. The Kier molecular flexibility index (Phi) is 5.73. The molecule has 0 saturated carbocycles. The van der Waals surface area contributed by atoms with Crippen molar-refractivity contribution in [3.05, 3.63) is 66.0 Å². The number of nitrogens with zero attached hydrogens (tertiary/aromatic N) is 2. The van der Waals surface area contributed by atoms with Crippen molar-refractivity contribution < 1.29 is 18.0 Å². The molecular weight excluding hydrogens is 305 g/mol. The molecule has 0 aliphatic carbocycles. The number of alkyl halides is 3. The number of hydrogen-bond donors (Lipinski definition) is 0. The highest BCUT2D eigenvalue weighted by Gasteiger charge is 2.33. The predicted molar refractivity (Wildman–Crippen MR) is 80.5 cm³/mol. The van der Waals surface area contributed by atoms with E-state index in [1.807, 2.05) is 30.3 Å². The molecule has 2 rings (SSSR count). The molecule has 0 spiro atoms. The third kappa shape index (κ3) is 6.10. The predicted octanol–water partition coefficient (Wildman–Crippen LogP) is 3.61. The maximum atomic E-state index is 12.5. The molecule has 0 saturated heterocycles. The fraction of sp³-hybridized carbons (Fsp3) is 0.294. The minimum atomic E-state index is -4.50. The first-order chi connectivity index (χ1) is 10.9. The summed E-state index contributed by atoms with van der Waals surface area (Å²) in [5.41, 5.74) is 1.73. The zero-order valence-corrected chi connectivity index (χ0v) is 12.5. The highest BCUT2D eigenvalue weighted by Crippen LogP contribution is 2.21. The Balaban J connectivity index is 2.05. The van der Waals surface area contributed by atoms with Gasteiger partial charge in [-0.1, -0.05) is 30.3 Å². The van der Waals surface area contributed by atoms with Crippen LogP contribution in [0.25, 0.3) is 0 Å². The number of amides is 1. The highest BCUT2D eigenvalue weighted by molar-refractivity contribution is 5.76. The molecule has 0 radical (unpaired) electrons. The average Bonchev–Trinajstić information content (AvgIpc) is 2.51. The first kappa shape index (κ1) is 17.0. The highest BCUT2D eigenvalue weighted by atomic mass is 19.4. The molecule has 23 heavy (non-hydrogen) atoms. The van der Waals surface area contributed by atoms with Crippen molar-refractivity contribution in [2.45, 2.75) is 25.6 Å². The molecule has 1 heterocycles. The Labute approximate surface area is 132 Å². The molecule has 122 valence electrons. The maximum Gasteiger partial charge on any atom is 0.397 e. The van der Waals surface area contributed by atoms with Gasteiger partial charge in [-0.25, -0.2) is 0 Å². The summed E-state index contributed by atoms with van der Waals surface area (Å²) in [6, 6.07) is 12.7. The van der Waals surface area contributed by atoms with E-state index in [-0.39, 0.29) is 13.1 Å². The molecular formula is C17H17F3N2O. The summed E-state index contributed by atoms with van der Waals surface area (Å²) in [6.45, 7) is 0.380. The van der Waals surface area contributed by atoms with Gasteiger partial charge in [-0.15, -0.1) is 0 Å². The van der Waals surface area contributed by atoms with Crippen LogP contribution in [0, 0.1) is 0 Å². The number of benzene rings is 1. The lowest BCUT2D eigenvalue weighted by Gasteiger charge is -2.23. The second kappa shape index (κ2) is 7.76. The summed E-state index contributed by atoms with van der Waals surface area (Å²) in [6.07, 6.45) is -2.32. The SMILES string of the molecule is O=C(CC(F)(F)F)N(CCc1ccccc1)Cc1ccncc1. The molecule has 1 aromatic heterocycles. The molecule has 1 aromatic carbocycles. The van der Waals surface area contributed by atoms with Crippen molar-refractivity contribution in [1.29, 1.82) is 0 Å².